The summed E-state index contributed by atoms with van der Waals surface area (Å²) in [5, 5.41) is 15.9. The molecule has 9 nitrogen and oxygen atoms in total. The summed E-state index contributed by atoms with van der Waals surface area (Å²) in [6, 6.07) is 6.17. The zero-order valence-corrected chi connectivity index (χ0v) is 24.6. The fourth-order valence-corrected chi connectivity index (χ4v) is 6.34. The fraction of sp³-hybridized carbons (Fsp3) is 0.625. The molecule has 1 aromatic carbocycles. The SMILES string of the molecule is CC(C)(C)OC(=O)C1CCN(Cc2ccc3c(c2)c(=O)n(C2CCC(O)CC2)c2nc(NCC4CC4)ncc32)CC1. The molecule has 0 unspecified atom stereocenters. The molecule has 0 amide bonds. The van der Waals surface area contributed by atoms with Crippen LogP contribution in [0.5, 0.6) is 0 Å². The molecule has 6 rings (SSSR count). The van der Waals surface area contributed by atoms with Crippen LogP contribution in [-0.4, -0.2) is 61.9 Å². The summed E-state index contributed by atoms with van der Waals surface area (Å²) in [5.74, 6) is 1.10. The number of aliphatic hydroxyl groups excluding tert-OH is 1. The number of ether oxygens (including phenoxy) is 1. The average Bonchev–Trinajstić information content (AvgIpc) is 3.77. The molecule has 2 saturated carbocycles. The first-order valence-corrected chi connectivity index (χ1v) is 15.4. The predicted octanol–water partition coefficient (Wildman–Crippen LogP) is 4.80. The van der Waals surface area contributed by atoms with E-state index in [1.807, 2.05) is 43.7 Å². The number of hydrogen-bond donors (Lipinski definition) is 2. The zero-order valence-electron chi connectivity index (χ0n) is 24.6. The zero-order chi connectivity index (χ0) is 28.7. The Morgan fingerprint density at radius 2 is 1.76 bits per heavy atom. The second kappa shape index (κ2) is 11.3. The monoisotopic (exact) mass is 561 g/mol. The lowest BCUT2D eigenvalue weighted by Crippen LogP contribution is -2.38. The van der Waals surface area contributed by atoms with Gasteiger partial charge < -0.3 is 15.2 Å². The van der Waals surface area contributed by atoms with E-state index in [9.17, 15) is 14.7 Å². The largest absolute Gasteiger partial charge is 0.460 e. The minimum absolute atomic E-state index is 0.000444. The lowest BCUT2D eigenvalue weighted by molar-refractivity contribution is -0.161. The van der Waals surface area contributed by atoms with Gasteiger partial charge in [0.05, 0.1) is 12.0 Å². The molecule has 1 saturated heterocycles. The Morgan fingerprint density at radius 3 is 2.44 bits per heavy atom. The number of piperidine rings is 1. The Balaban J connectivity index is 1.27. The number of nitrogens with zero attached hydrogens (tertiary/aromatic N) is 4. The number of aromatic nitrogens is 3. The molecule has 2 N–H and O–H groups in total. The molecule has 9 heteroatoms. The van der Waals surface area contributed by atoms with Crippen LogP contribution in [0.1, 0.15) is 83.7 Å². The van der Waals surface area contributed by atoms with Crippen LogP contribution in [0.25, 0.3) is 21.8 Å². The number of likely N-dealkylation sites (tertiary alicyclic amines) is 1. The third-order valence-corrected chi connectivity index (χ3v) is 8.83. The van der Waals surface area contributed by atoms with E-state index in [-0.39, 0.29) is 29.6 Å². The number of fused-ring (bicyclic) bond motifs is 3. The van der Waals surface area contributed by atoms with E-state index in [1.54, 1.807) is 0 Å². The molecule has 0 bridgehead atoms. The minimum Gasteiger partial charge on any atom is -0.460 e. The minimum atomic E-state index is -0.465. The second-order valence-corrected chi connectivity index (χ2v) is 13.4. The number of benzene rings is 1. The van der Waals surface area contributed by atoms with Crippen LogP contribution < -0.4 is 10.9 Å². The third-order valence-electron chi connectivity index (χ3n) is 8.83. The Hall–Kier alpha value is -3.04. The first-order chi connectivity index (χ1) is 19.6. The van der Waals surface area contributed by atoms with Crippen LogP contribution in [0.15, 0.2) is 29.2 Å². The van der Waals surface area contributed by atoms with E-state index >= 15 is 0 Å². The van der Waals surface area contributed by atoms with Crippen molar-refractivity contribution in [3.8, 4) is 0 Å². The summed E-state index contributed by atoms with van der Waals surface area (Å²) >= 11 is 0. The predicted molar refractivity (Wildman–Crippen MR) is 160 cm³/mol. The van der Waals surface area contributed by atoms with Gasteiger partial charge in [0.2, 0.25) is 5.95 Å². The van der Waals surface area contributed by atoms with Gasteiger partial charge in [-0.2, -0.15) is 4.98 Å². The van der Waals surface area contributed by atoms with Gasteiger partial charge in [-0.05, 0) is 108 Å². The number of aliphatic hydroxyl groups is 1. The average molecular weight is 562 g/mol. The van der Waals surface area contributed by atoms with E-state index < -0.39 is 5.60 Å². The summed E-state index contributed by atoms with van der Waals surface area (Å²) in [6.45, 7) is 8.95. The maximum atomic E-state index is 14.1. The van der Waals surface area contributed by atoms with Crippen LogP contribution in [-0.2, 0) is 16.1 Å². The highest BCUT2D eigenvalue weighted by Gasteiger charge is 2.30. The van der Waals surface area contributed by atoms with E-state index in [2.05, 4.69) is 21.3 Å². The summed E-state index contributed by atoms with van der Waals surface area (Å²) in [6.07, 6.45) is 8.48. The van der Waals surface area contributed by atoms with Crippen LogP contribution in [0.2, 0.25) is 0 Å². The normalized spacial score (nSPS) is 22.7. The van der Waals surface area contributed by atoms with E-state index in [0.29, 0.717) is 35.7 Å². The number of hydrogen-bond acceptors (Lipinski definition) is 8. The van der Waals surface area contributed by atoms with Crippen LogP contribution in [0.3, 0.4) is 0 Å². The van der Waals surface area contributed by atoms with Crippen molar-refractivity contribution in [3.05, 3.63) is 40.3 Å². The summed E-state index contributed by atoms with van der Waals surface area (Å²) < 4.78 is 7.48. The highest BCUT2D eigenvalue weighted by molar-refractivity contribution is 6.04. The maximum Gasteiger partial charge on any atom is 0.309 e. The topological polar surface area (TPSA) is 110 Å². The van der Waals surface area contributed by atoms with Gasteiger partial charge >= 0.3 is 5.97 Å². The lowest BCUT2D eigenvalue weighted by Gasteiger charge is -2.32. The molecule has 41 heavy (non-hydrogen) atoms. The molecule has 3 fully saturated rings. The van der Waals surface area contributed by atoms with Gasteiger partial charge in [-0.25, -0.2) is 4.98 Å². The number of pyridine rings is 1. The Kier molecular flexibility index (Phi) is 7.76. The van der Waals surface area contributed by atoms with Crippen molar-refractivity contribution in [1.82, 2.24) is 19.4 Å². The van der Waals surface area contributed by atoms with Gasteiger partial charge in [-0.3, -0.25) is 19.1 Å². The molecule has 0 atom stereocenters. The third kappa shape index (κ3) is 6.41. The van der Waals surface area contributed by atoms with Gasteiger partial charge in [0.1, 0.15) is 11.2 Å². The molecule has 3 heterocycles. The van der Waals surface area contributed by atoms with Gasteiger partial charge in [0.15, 0.2) is 0 Å². The van der Waals surface area contributed by atoms with Crippen molar-refractivity contribution in [2.45, 2.75) is 96.4 Å². The molecule has 2 aliphatic carbocycles. The first kappa shape index (κ1) is 28.1. The Morgan fingerprint density at radius 1 is 1.02 bits per heavy atom. The quantitative estimate of drug-likeness (QED) is 0.313. The molecular weight excluding hydrogens is 518 g/mol. The van der Waals surface area contributed by atoms with Gasteiger partial charge in [-0.1, -0.05) is 12.1 Å². The lowest BCUT2D eigenvalue weighted by atomic mass is 9.92. The Labute approximate surface area is 241 Å². The number of nitrogens with one attached hydrogen (secondary N) is 1. The number of carbonyl (C=O) groups excluding carboxylic acids is 1. The van der Waals surface area contributed by atoms with Crippen molar-refractivity contribution in [1.29, 1.82) is 0 Å². The molecule has 0 radical (unpaired) electrons. The van der Waals surface area contributed by atoms with Crippen molar-refractivity contribution < 1.29 is 14.6 Å². The first-order valence-electron chi connectivity index (χ1n) is 15.4. The molecule has 2 aromatic heterocycles. The molecule has 3 aromatic rings. The van der Waals surface area contributed by atoms with Gasteiger partial charge in [-0.15, -0.1) is 0 Å². The number of rotatable bonds is 7. The molecule has 220 valence electrons. The summed E-state index contributed by atoms with van der Waals surface area (Å²) in [4.78, 5) is 38.5. The molecular formula is C32H43N5O4. The van der Waals surface area contributed by atoms with Crippen molar-refractivity contribution in [2.75, 3.05) is 25.0 Å². The standard InChI is InChI=1S/C32H43N5O4/c1-32(2,3)41-30(40)22-12-14-36(15-13-22)19-21-6-11-25-26(16-21)29(39)37(23-7-9-24(38)10-8-23)28-27(25)18-34-31(35-28)33-17-20-4-5-20/h6,11,16,18,20,22-24,38H,4-5,7-10,12-15,17,19H2,1-3H3,(H,33,34,35). The molecule has 0 spiro atoms. The number of carbonyl (C=O) groups is 1. The Bertz CT molecular complexity index is 1480. The maximum absolute atomic E-state index is 14.1. The number of anilines is 1. The molecule has 1 aliphatic heterocycles. The van der Waals surface area contributed by atoms with Crippen LogP contribution in [0, 0.1) is 11.8 Å². The van der Waals surface area contributed by atoms with Crippen LogP contribution in [0.4, 0.5) is 5.95 Å². The van der Waals surface area contributed by atoms with E-state index in [1.165, 1.54) is 12.8 Å². The summed E-state index contributed by atoms with van der Waals surface area (Å²) in [7, 11) is 0. The highest BCUT2D eigenvalue weighted by Crippen LogP contribution is 2.33. The van der Waals surface area contributed by atoms with Crippen molar-refractivity contribution in [3.63, 3.8) is 0 Å². The van der Waals surface area contributed by atoms with Crippen molar-refractivity contribution in [2.24, 2.45) is 11.8 Å². The smallest absolute Gasteiger partial charge is 0.309 e. The molecule has 3 aliphatic rings. The fourth-order valence-electron chi connectivity index (χ4n) is 6.34. The van der Waals surface area contributed by atoms with E-state index in [4.69, 9.17) is 9.72 Å². The van der Waals surface area contributed by atoms with Gasteiger partial charge in [0.25, 0.3) is 5.56 Å². The van der Waals surface area contributed by atoms with Crippen molar-refractivity contribution >= 4 is 33.7 Å². The second-order valence-electron chi connectivity index (χ2n) is 13.4. The highest BCUT2D eigenvalue weighted by atomic mass is 16.6. The van der Waals surface area contributed by atoms with E-state index in [0.717, 1.165) is 68.2 Å². The van der Waals surface area contributed by atoms with Gasteiger partial charge in [0, 0.05) is 36.1 Å². The van der Waals surface area contributed by atoms with Crippen LogP contribution >= 0.6 is 0 Å². The summed E-state index contributed by atoms with van der Waals surface area (Å²) in [5.41, 5.74) is 1.27. The number of esters is 1.